The number of fused-ring (bicyclic) bond motifs is 1. The molecule has 35 heavy (non-hydrogen) atoms. The fourth-order valence-corrected chi connectivity index (χ4v) is 5.03. The van der Waals surface area contributed by atoms with Crippen LogP contribution < -0.4 is 5.56 Å². The number of Topliss-reactive ketones (excluding diaryl/α,β-unsaturated/α-hetero) is 1. The van der Waals surface area contributed by atoms with E-state index >= 15 is 0 Å². The number of carbonyl (C=O) groups is 1. The number of aromatic nitrogens is 4. The first-order chi connectivity index (χ1) is 16.9. The molecule has 0 unspecified atom stereocenters. The largest absolute Gasteiger partial charge is 0.467 e. The first-order valence-corrected chi connectivity index (χ1v) is 12.2. The Morgan fingerprint density at radius 2 is 1.89 bits per heavy atom. The predicted molar refractivity (Wildman–Crippen MR) is 137 cm³/mol. The number of pyridine rings is 1. The van der Waals surface area contributed by atoms with Crippen molar-refractivity contribution in [1.29, 1.82) is 0 Å². The molecule has 8 heteroatoms. The average Bonchev–Trinajstić information content (AvgIpc) is 3.46. The van der Waals surface area contributed by atoms with Crippen molar-refractivity contribution in [2.45, 2.75) is 32.5 Å². The number of furan rings is 1. The Hall–Kier alpha value is -3.91. The number of nitrogens with zero attached hydrogens (tertiary/aromatic N) is 4. The van der Waals surface area contributed by atoms with Crippen LogP contribution in [0.5, 0.6) is 0 Å². The Morgan fingerprint density at radius 3 is 2.66 bits per heavy atom. The van der Waals surface area contributed by atoms with E-state index in [4.69, 9.17) is 9.40 Å². The van der Waals surface area contributed by atoms with E-state index in [1.165, 1.54) is 16.3 Å². The maximum absolute atomic E-state index is 13.4. The molecule has 0 atom stereocenters. The monoisotopic (exact) mass is 484 g/mol. The van der Waals surface area contributed by atoms with Gasteiger partial charge in [0.25, 0.3) is 5.56 Å². The van der Waals surface area contributed by atoms with Crippen molar-refractivity contribution < 1.29 is 9.21 Å². The van der Waals surface area contributed by atoms with E-state index < -0.39 is 0 Å². The topological polar surface area (TPSA) is 82.9 Å². The van der Waals surface area contributed by atoms with Gasteiger partial charge in [0, 0.05) is 23.1 Å². The smallest absolute Gasteiger partial charge is 0.267 e. The number of carbonyl (C=O) groups excluding carboxylic acids is 1. The Bertz CT molecular complexity index is 1600. The zero-order valence-corrected chi connectivity index (χ0v) is 20.5. The second-order valence-electron chi connectivity index (χ2n) is 8.41. The molecule has 0 amide bonds. The predicted octanol–water partition coefficient (Wildman–Crippen LogP) is 5.12. The van der Waals surface area contributed by atoms with Gasteiger partial charge in [0.15, 0.2) is 10.9 Å². The Kier molecular flexibility index (Phi) is 6.13. The van der Waals surface area contributed by atoms with Gasteiger partial charge >= 0.3 is 0 Å². The Balaban J connectivity index is 1.48. The van der Waals surface area contributed by atoms with Crippen molar-refractivity contribution in [3.05, 3.63) is 106 Å². The zero-order chi connectivity index (χ0) is 24.5. The molecule has 4 heterocycles. The van der Waals surface area contributed by atoms with Gasteiger partial charge in [-0.25, -0.2) is 14.5 Å². The minimum Gasteiger partial charge on any atom is -0.467 e. The third kappa shape index (κ3) is 4.44. The molecule has 0 spiro atoms. The summed E-state index contributed by atoms with van der Waals surface area (Å²) in [6, 6.07) is 16.6. The van der Waals surface area contributed by atoms with E-state index in [-0.39, 0.29) is 17.1 Å². The molecule has 4 aromatic heterocycles. The number of benzene rings is 1. The Morgan fingerprint density at radius 1 is 1.06 bits per heavy atom. The molecule has 0 saturated carbocycles. The lowest BCUT2D eigenvalue weighted by Crippen LogP contribution is -2.23. The van der Waals surface area contributed by atoms with Gasteiger partial charge in [-0.15, -0.1) is 0 Å². The van der Waals surface area contributed by atoms with Crippen LogP contribution in [-0.2, 0) is 6.54 Å². The van der Waals surface area contributed by atoms with Crippen LogP contribution in [0.1, 0.15) is 33.1 Å². The van der Waals surface area contributed by atoms with Gasteiger partial charge in [0.05, 0.1) is 29.5 Å². The van der Waals surface area contributed by atoms with Crippen LogP contribution in [0, 0.1) is 20.8 Å². The number of ketones is 1. The molecule has 0 saturated heterocycles. The van der Waals surface area contributed by atoms with E-state index in [9.17, 15) is 9.59 Å². The van der Waals surface area contributed by atoms with Gasteiger partial charge in [-0.05, 0) is 68.8 Å². The Labute approximate surface area is 206 Å². The highest BCUT2D eigenvalue weighted by Crippen LogP contribution is 2.24. The summed E-state index contributed by atoms with van der Waals surface area (Å²) in [4.78, 5) is 35.8. The average molecular weight is 485 g/mol. The van der Waals surface area contributed by atoms with Crippen LogP contribution in [0.2, 0.25) is 0 Å². The summed E-state index contributed by atoms with van der Waals surface area (Å²) < 4.78 is 9.04. The summed E-state index contributed by atoms with van der Waals surface area (Å²) >= 11 is 1.24. The summed E-state index contributed by atoms with van der Waals surface area (Å²) in [5.41, 5.74) is 3.88. The van der Waals surface area contributed by atoms with Gasteiger partial charge in [0.2, 0.25) is 0 Å². The minimum absolute atomic E-state index is 0.0278. The number of rotatable bonds is 7. The molecule has 0 aliphatic heterocycles. The van der Waals surface area contributed by atoms with Gasteiger partial charge in [-0.2, -0.15) is 0 Å². The molecular formula is C27H24N4O3S. The molecule has 0 fully saturated rings. The van der Waals surface area contributed by atoms with Crippen LogP contribution in [0.25, 0.3) is 16.7 Å². The van der Waals surface area contributed by atoms with Crippen molar-refractivity contribution in [2.75, 3.05) is 5.75 Å². The second-order valence-corrected chi connectivity index (χ2v) is 9.35. The van der Waals surface area contributed by atoms with Crippen molar-refractivity contribution in [3.63, 3.8) is 0 Å². The second kappa shape index (κ2) is 9.38. The molecule has 1 aromatic carbocycles. The molecule has 0 N–H and O–H groups in total. The van der Waals surface area contributed by atoms with E-state index in [2.05, 4.69) is 9.55 Å². The van der Waals surface area contributed by atoms with Crippen LogP contribution >= 0.6 is 11.8 Å². The number of thioether (sulfide) groups is 1. The lowest BCUT2D eigenvalue weighted by molar-refractivity contribution is 0.102. The molecule has 176 valence electrons. The fourth-order valence-electron chi connectivity index (χ4n) is 4.15. The third-order valence-electron chi connectivity index (χ3n) is 5.98. The number of hydrogen-bond donors (Lipinski definition) is 0. The summed E-state index contributed by atoms with van der Waals surface area (Å²) in [5.74, 6) is 1.43. The summed E-state index contributed by atoms with van der Waals surface area (Å²) in [6.07, 6.45) is 3.31. The fraction of sp³-hybridized carbons (Fsp3) is 0.185. The first kappa shape index (κ1) is 22.9. The lowest BCUT2D eigenvalue weighted by Gasteiger charge is -2.13. The molecule has 0 bridgehead atoms. The van der Waals surface area contributed by atoms with E-state index in [0.717, 1.165) is 22.7 Å². The molecule has 0 aliphatic carbocycles. The van der Waals surface area contributed by atoms with E-state index in [1.807, 2.05) is 63.2 Å². The van der Waals surface area contributed by atoms with E-state index in [1.54, 1.807) is 24.6 Å². The highest BCUT2D eigenvalue weighted by atomic mass is 32.2. The lowest BCUT2D eigenvalue weighted by atomic mass is 10.2. The minimum atomic E-state index is -0.208. The van der Waals surface area contributed by atoms with Gasteiger partial charge in [-0.3, -0.25) is 9.59 Å². The van der Waals surface area contributed by atoms with Crippen LogP contribution in [0.15, 0.2) is 81.4 Å². The first-order valence-electron chi connectivity index (χ1n) is 11.2. The quantitative estimate of drug-likeness (QED) is 0.181. The zero-order valence-electron chi connectivity index (χ0n) is 19.7. The van der Waals surface area contributed by atoms with Crippen molar-refractivity contribution in [3.8, 4) is 5.82 Å². The summed E-state index contributed by atoms with van der Waals surface area (Å²) in [7, 11) is 0. The highest BCUT2D eigenvalue weighted by Gasteiger charge is 2.20. The number of hydrogen-bond acceptors (Lipinski definition) is 6. The van der Waals surface area contributed by atoms with Crippen LogP contribution in [-0.4, -0.2) is 30.6 Å². The van der Waals surface area contributed by atoms with Crippen molar-refractivity contribution in [1.82, 2.24) is 19.1 Å². The van der Waals surface area contributed by atoms with Crippen LogP contribution in [0.4, 0.5) is 0 Å². The van der Waals surface area contributed by atoms with Gasteiger partial charge in [-0.1, -0.05) is 23.9 Å². The van der Waals surface area contributed by atoms with Gasteiger partial charge < -0.3 is 8.98 Å². The summed E-state index contributed by atoms with van der Waals surface area (Å²) in [6.45, 7) is 6.43. The van der Waals surface area contributed by atoms with E-state index in [0.29, 0.717) is 34.0 Å². The standard InChI is InChI=1S/C27H24N4O3S/c1-17-10-11-28-25(13-17)31-26(33)21-8-4-5-9-23(21)29-27(31)35-16-24(32)22-14-18(2)30(19(22)3)15-20-7-6-12-34-20/h4-14H,15-16H2,1-3H3. The third-order valence-corrected chi connectivity index (χ3v) is 6.91. The number of para-hydroxylation sites is 1. The molecule has 0 aliphatic rings. The van der Waals surface area contributed by atoms with Crippen molar-refractivity contribution in [2.24, 2.45) is 0 Å². The molecule has 0 radical (unpaired) electrons. The number of aryl methyl sites for hydroxylation is 2. The van der Waals surface area contributed by atoms with Crippen molar-refractivity contribution >= 4 is 28.4 Å². The molecule has 7 nitrogen and oxygen atoms in total. The molecule has 5 aromatic rings. The summed E-state index contributed by atoms with van der Waals surface area (Å²) in [5, 5.41) is 0.942. The maximum atomic E-state index is 13.4. The maximum Gasteiger partial charge on any atom is 0.267 e. The molecular weight excluding hydrogens is 460 g/mol. The SMILES string of the molecule is Cc1ccnc(-n2c(SCC(=O)c3cc(C)n(Cc4ccco4)c3C)nc3ccccc3c2=O)c1. The normalized spacial score (nSPS) is 11.3. The van der Waals surface area contributed by atoms with Gasteiger partial charge in [0.1, 0.15) is 11.6 Å². The van der Waals surface area contributed by atoms with Crippen LogP contribution in [0.3, 0.4) is 0 Å². The highest BCUT2D eigenvalue weighted by molar-refractivity contribution is 7.99. The molecule has 5 rings (SSSR count).